The minimum absolute atomic E-state index is 0.162. The van der Waals surface area contributed by atoms with Crippen LogP contribution in [0, 0.1) is 6.85 Å². The molecule has 1 heterocycles. The van der Waals surface area contributed by atoms with E-state index < -0.39 is 104 Å². The predicted molar refractivity (Wildman–Crippen MR) is 90.1 cm³/mol. The van der Waals surface area contributed by atoms with E-state index in [-0.39, 0.29) is 10.7 Å². The van der Waals surface area contributed by atoms with Crippen molar-refractivity contribution >= 4 is 10.0 Å². The Bertz CT molecular complexity index is 1510. The van der Waals surface area contributed by atoms with Crippen LogP contribution in [0.25, 0.3) is 16.9 Å². The maximum absolute atomic E-state index is 13.6. The molecule has 2 N–H and O–H groups in total. The second-order valence-electron chi connectivity index (χ2n) is 4.80. The number of halogens is 3. The van der Waals surface area contributed by atoms with Crippen molar-refractivity contribution in [3.63, 3.8) is 0 Å². The number of rotatable bonds is 3. The van der Waals surface area contributed by atoms with Crippen LogP contribution < -0.4 is 5.14 Å². The summed E-state index contributed by atoms with van der Waals surface area (Å²) in [5, 5.41) is 8.19. The molecule has 0 aliphatic heterocycles. The van der Waals surface area contributed by atoms with E-state index in [9.17, 15) is 21.6 Å². The molecule has 0 atom stereocenters. The second kappa shape index (κ2) is 6.26. The Hall–Kier alpha value is -2.65. The molecule has 3 aromatic rings. The fourth-order valence-electron chi connectivity index (χ4n) is 1.85. The van der Waals surface area contributed by atoms with Crippen molar-refractivity contribution < 1.29 is 36.7 Å². The lowest BCUT2D eigenvalue weighted by atomic mass is 10.1. The quantitative estimate of drug-likeness (QED) is 0.741. The SMILES string of the molecule is [2H]c1c([2H])c(C([2H])([2H])[2H])c([2H])c([2H])c1-c1cc(C(F)(F)F)nn1-c1c([2H])c([2H])c(S(N)(=O)=O)c([2H])c1[2H]. The molecule has 26 heavy (non-hydrogen) atoms. The molecule has 0 aliphatic carbocycles. The number of nitrogens with zero attached hydrogens (tertiary/aromatic N) is 2. The first-order valence-corrected chi connectivity index (χ1v) is 8.08. The molecule has 0 radical (unpaired) electrons. The normalized spacial score (nSPS) is 18.8. The molecule has 0 spiro atoms. The van der Waals surface area contributed by atoms with Gasteiger partial charge < -0.3 is 0 Å². The van der Waals surface area contributed by atoms with E-state index in [0.29, 0.717) is 0 Å². The second-order valence-corrected chi connectivity index (χ2v) is 6.30. The summed E-state index contributed by atoms with van der Waals surface area (Å²) in [6.45, 7) is -3.12. The summed E-state index contributed by atoms with van der Waals surface area (Å²) in [6, 6.07) is -9.00. The number of alkyl halides is 3. The van der Waals surface area contributed by atoms with Crippen molar-refractivity contribution in [2.75, 3.05) is 0 Å². The molecule has 1 aromatic heterocycles. The van der Waals surface area contributed by atoms with Gasteiger partial charge >= 0.3 is 6.18 Å². The Balaban J connectivity index is 2.56. The van der Waals surface area contributed by atoms with Gasteiger partial charge in [-0.1, -0.05) is 29.7 Å². The largest absolute Gasteiger partial charge is 0.435 e. The van der Waals surface area contributed by atoms with Crippen LogP contribution in [-0.2, 0) is 16.2 Å². The number of sulfonamides is 1. The standard InChI is InChI=1S/C17H14F3N3O2S/c1-11-2-4-12(5-3-11)15-10-16(17(18,19)20)22-23(15)13-6-8-14(9-7-13)26(21,24)25/h2-10H,1H3,(H2,21,24,25)/i1D3,2D,3D,4D,5D,6D,7D,8D,9D. The van der Waals surface area contributed by atoms with Crippen LogP contribution >= 0.6 is 0 Å². The zero-order valence-corrected chi connectivity index (χ0v) is 13.2. The zero-order chi connectivity index (χ0) is 28.6. The topological polar surface area (TPSA) is 78.0 Å². The molecule has 0 fully saturated rings. The van der Waals surface area contributed by atoms with E-state index in [1.165, 1.54) is 0 Å². The monoisotopic (exact) mass is 392 g/mol. The van der Waals surface area contributed by atoms with E-state index in [1.54, 1.807) is 0 Å². The minimum Gasteiger partial charge on any atom is -0.233 e. The van der Waals surface area contributed by atoms with Gasteiger partial charge in [0.15, 0.2) is 5.69 Å². The van der Waals surface area contributed by atoms with Crippen molar-refractivity contribution in [1.82, 2.24) is 9.78 Å². The summed E-state index contributed by atoms with van der Waals surface area (Å²) in [5.74, 6) is 0. The first-order chi connectivity index (χ1) is 16.6. The van der Waals surface area contributed by atoms with Crippen LogP contribution in [0.15, 0.2) is 59.3 Å². The number of primary sulfonamides is 1. The van der Waals surface area contributed by atoms with Gasteiger partial charge in [0.25, 0.3) is 0 Å². The highest BCUT2D eigenvalue weighted by Gasteiger charge is 2.35. The van der Waals surface area contributed by atoms with E-state index in [1.807, 2.05) is 0 Å². The summed E-state index contributed by atoms with van der Waals surface area (Å²) in [7, 11) is -4.82. The average molecular weight is 392 g/mol. The molecular formula is C17H14F3N3O2S. The van der Waals surface area contributed by atoms with Crippen molar-refractivity contribution in [1.29, 1.82) is 0 Å². The first-order valence-electron chi connectivity index (χ1n) is 12.0. The van der Waals surface area contributed by atoms with Crippen molar-refractivity contribution in [3.8, 4) is 16.9 Å². The minimum atomic E-state index is -5.19. The highest BCUT2D eigenvalue weighted by atomic mass is 32.2. The number of hydrogen-bond donors (Lipinski definition) is 1. The molecule has 136 valence electrons. The maximum Gasteiger partial charge on any atom is 0.435 e. The van der Waals surface area contributed by atoms with E-state index in [4.69, 9.17) is 20.2 Å². The fourth-order valence-corrected chi connectivity index (χ4v) is 2.24. The molecule has 0 bridgehead atoms. The van der Waals surface area contributed by atoms with Gasteiger partial charge in [-0.2, -0.15) is 18.3 Å². The number of benzene rings is 2. The highest BCUT2D eigenvalue weighted by Crippen LogP contribution is 2.33. The molecule has 0 unspecified atom stereocenters. The van der Waals surface area contributed by atoms with Crippen molar-refractivity contribution in [3.05, 3.63) is 65.7 Å². The molecule has 2 aromatic carbocycles. The van der Waals surface area contributed by atoms with E-state index in [2.05, 4.69) is 5.10 Å². The smallest absolute Gasteiger partial charge is 0.233 e. The van der Waals surface area contributed by atoms with Crippen LogP contribution in [0.4, 0.5) is 13.2 Å². The Morgan fingerprint density at radius 3 is 2.23 bits per heavy atom. The summed E-state index contributed by atoms with van der Waals surface area (Å²) < 4.78 is 151. The fraction of sp³-hybridized carbons (Fsp3) is 0.118. The van der Waals surface area contributed by atoms with Gasteiger partial charge in [-0.05, 0) is 37.1 Å². The third-order valence-electron chi connectivity index (χ3n) is 2.97. The Kier molecular flexibility index (Phi) is 2.12. The summed E-state index contributed by atoms with van der Waals surface area (Å²) in [6.07, 6.45) is -5.19. The van der Waals surface area contributed by atoms with Crippen LogP contribution in [-0.4, -0.2) is 18.2 Å². The van der Waals surface area contributed by atoms with E-state index in [0.717, 1.165) is 0 Å². The highest BCUT2D eigenvalue weighted by molar-refractivity contribution is 7.89. The number of nitrogens with two attached hydrogens (primary N) is 1. The average Bonchev–Trinajstić information content (AvgIpc) is 3.14. The van der Waals surface area contributed by atoms with Crippen LogP contribution in [0.2, 0.25) is 0 Å². The molecule has 0 amide bonds. The number of aromatic nitrogens is 2. The summed E-state index contributed by atoms with van der Waals surface area (Å²) in [4.78, 5) is -1.25. The Labute approximate surface area is 163 Å². The van der Waals surface area contributed by atoms with Crippen molar-refractivity contribution in [2.24, 2.45) is 5.14 Å². The molecule has 0 aliphatic rings. The van der Waals surface area contributed by atoms with Gasteiger partial charge in [0.1, 0.15) is 0 Å². The third kappa shape index (κ3) is 3.63. The Morgan fingerprint density at radius 2 is 1.73 bits per heavy atom. The molecule has 0 saturated heterocycles. The summed E-state index contributed by atoms with van der Waals surface area (Å²) in [5.41, 5.74) is -5.52. The van der Waals surface area contributed by atoms with E-state index >= 15 is 0 Å². The molecular weight excluding hydrogens is 367 g/mol. The molecule has 5 nitrogen and oxygen atoms in total. The predicted octanol–water partition coefficient (Wildman–Crippen LogP) is 3.51. The van der Waals surface area contributed by atoms with Crippen LogP contribution in [0.3, 0.4) is 0 Å². The molecule has 9 heteroatoms. The number of hydrogen-bond acceptors (Lipinski definition) is 3. The third-order valence-corrected chi connectivity index (χ3v) is 3.74. The summed E-state index contributed by atoms with van der Waals surface area (Å²) >= 11 is 0. The van der Waals surface area contributed by atoms with Crippen LogP contribution in [0.1, 0.15) is 26.3 Å². The lowest BCUT2D eigenvalue weighted by molar-refractivity contribution is -0.141. The van der Waals surface area contributed by atoms with Gasteiger partial charge in [0.2, 0.25) is 10.0 Å². The van der Waals surface area contributed by atoms with Gasteiger partial charge in [-0.3, -0.25) is 0 Å². The van der Waals surface area contributed by atoms with Gasteiger partial charge in [-0.25, -0.2) is 18.2 Å². The van der Waals surface area contributed by atoms with Gasteiger partial charge in [0.05, 0.1) is 27.2 Å². The van der Waals surface area contributed by atoms with Crippen LogP contribution in [0.5, 0.6) is 0 Å². The lowest BCUT2D eigenvalue weighted by Gasteiger charge is -2.09. The van der Waals surface area contributed by atoms with Crippen molar-refractivity contribution in [2.45, 2.75) is 17.9 Å². The maximum atomic E-state index is 13.6. The first kappa shape index (κ1) is 8.83. The van der Waals surface area contributed by atoms with Gasteiger partial charge in [0, 0.05) is 9.68 Å². The van der Waals surface area contributed by atoms with Gasteiger partial charge in [-0.15, -0.1) is 0 Å². The molecule has 0 saturated carbocycles. The Morgan fingerprint density at radius 1 is 1.12 bits per heavy atom. The lowest BCUT2D eigenvalue weighted by Crippen LogP contribution is -2.12. The zero-order valence-electron chi connectivity index (χ0n) is 23.4. The molecule has 3 rings (SSSR count).